The predicted molar refractivity (Wildman–Crippen MR) is 76.1 cm³/mol. The van der Waals surface area contributed by atoms with Gasteiger partial charge in [-0.25, -0.2) is 4.98 Å². The number of nitrogens with zero attached hydrogens (tertiary/aromatic N) is 6. The van der Waals surface area contributed by atoms with Crippen molar-refractivity contribution in [2.24, 2.45) is 0 Å². The van der Waals surface area contributed by atoms with Gasteiger partial charge in [-0.3, -0.25) is 4.79 Å². The molecule has 0 saturated heterocycles. The standard InChI is InChI=1S/C11H17N9O/c1-3-14-9-17-10(15-5-4-8(21)12-2)19-11(18-9)20-7-13-6-16-20/h6-7H,3-5H2,1-2H3,(H,12,21)(H2,14,15,17,18,19). The third-order valence-corrected chi connectivity index (χ3v) is 2.50. The number of aromatic nitrogens is 6. The normalized spacial score (nSPS) is 10.2. The Balaban J connectivity index is 2.14. The number of hydrogen-bond acceptors (Lipinski definition) is 8. The number of anilines is 2. The van der Waals surface area contributed by atoms with Crippen molar-refractivity contribution in [1.82, 2.24) is 35.0 Å². The van der Waals surface area contributed by atoms with E-state index in [9.17, 15) is 4.79 Å². The fourth-order valence-electron chi connectivity index (χ4n) is 1.51. The minimum Gasteiger partial charge on any atom is -0.359 e. The highest BCUT2D eigenvalue weighted by Crippen LogP contribution is 2.08. The van der Waals surface area contributed by atoms with Crippen LogP contribution in [0.3, 0.4) is 0 Å². The summed E-state index contributed by atoms with van der Waals surface area (Å²) in [5.41, 5.74) is 0. The molecule has 0 atom stereocenters. The molecule has 0 aromatic carbocycles. The number of carbonyl (C=O) groups excluding carboxylic acids is 1. The Kier molecular flexibility index (Phi) is 4.96. The molecule has 2 heterocycles. The minimum atomic E-state index is -0.0556. The number of amides is 1. The number of hydrogen-bond donors (Lipinski definition) is 3. The lowest BCUT2D eigenvalue weighted by Crippen LogP contribution is -2.21. The van der Waals surface area contributed by atoms with Gasteiger partial charge in [-0.15, -0.1) is 0 Å². The van der Waals surface area contributed by atoms with Crippen molar-refractivity contribution in [3.8, 4) is 5.95 Å². The van der Waals surface area contributed by atoms with Gasteiger partial charge in [0.1, 0.15) is 12.7 Å². The molecule has 21 heavy (non-hydrogen) atoms. The molecule has 2 rings (SSSR count). The number of rotatable bonds is 7. The Morgan fingerprint density at radius 2 is 2.00 bits per heavy atom. The first kappa shape index (κ1) is 14.6. The average Bonchev–Trinajstić information content (AvgIpc) is 3.01. The van der Waals surface area contributed by atoms with E-state index in [-0.39, 0.29) is 5.91 Å². The Bertz CT molecular complexity index is 583. The molecule has 2 aromatic heterocycles. The smallest absolute Gasteiger partial charge is 0.258 e. The van der Waals surface area contributed by atoms with E-state index in [4.69, 9.17) is 0 Å². The Morgan fingerprint density at radius 1 is 1.24 bits per heavy atom. The van der Waals surface area contributed by atoms with E-state index >= 15 is 0 Å². The van der Waals surface area contributed by atoms with E-state index in [1.807, 2.05) is 6.92 Å². The second-order valence-electron chi connectivity index (χ2n) is 4.00. The first-order chi connectivity index (χ1) is 10.2. The van der Waals surface area contributed by atoms with Crippen LogP contribution >= 0.6 is 0 Å². The molecule has 112 valence electrons. The second kappa shape index (κ2) is 7.12. The zero-order valence-corrected chi connectivity index (χ0v) is 11.9. The first-order valence-electron chi connectivity index (χ1n) is 6.52. The first-order valence-corrected chi connectivity index (χ1v) is 6.52. The van der Waals surface area contributed by atoms with Gasteiger partial charge in [0.2, 0.25) is 17.8 Å². The molecule has 10 nitrogen and oxygen atoms in total. The Labute approximate surface area is 121 Å². The lowest BCUT2D eigenvalue weighted by Gasteiger charge is -2.08. The van der Waals surface area contributed by atoms with Gasteiger partial charge in [0.15, 0.2) is 0 Å². The van der Waals surface area contributed by atoms with Crippen molar-refractivity contribution in [3.05, 3.63) is 12.7 Å². The lowest BCUT2D eigenvalue weighted by atomic mass is 10.4. The average molecular weight is 291 g/mol. The zero-order valence-electron chi connectivity index (χ0n) is 11.9. The molecule has 3 N–H and O–H groups in total. The topological polar surface area (TPSA) is 123 Å². The molecule has 2 aromatic rings. The minimum absolute atomic E-state index is 0.0556. The van der Waals surface area contributed by atoms with Crippen LogP contribution in [0.1, 0.15) is 13.3 Å². The van der Waals surface area contributed by atoms with Gasteiger partial charge in [0, 0.05) is 26.6 Å². The molecule has 0 unspecified atom stereocenters. The highest BCUT2D eigenvalue weighted by molar-refractivity contribution is 5.75. The van der Waals surface area contributed by atoms with E-state index in [2.05, 4.69) is 41.0 Å². The second-order valence-corrected chi connectivity index (χ2v) is 4.00. The van der Waals surface area contributed by atoms with Crippen LogP contribution in [0, 0.1) is 0 Å². The number of nitrogens with one attached hydrogen (secondary N) is 3. The largest absolute Gasteiger partial charge is 0.359 e. The predicted octanol–water partition coefficient (Wildman–Crippen LogP) is -0.568. The van der Waals surface area contributed by atoms with E-state index in [1.165, 1.54) is 17.3 Å². The fraction of sp³-hybridized carbons (Fsp3) is 0.455. The maximum absolute atomic E-state index is 11.2. The van der Waals surface area contributed by atoms with Crippen molar-refractivity contribution in [1.29, 1.82) is 0 Å². The highest BCUT2D eigenvalue weighted by Gasteiger charge is 2.08. The molecule has 1 amide bonds. The van der Waals surface area contributed by atoms with Crippen molar-refractivity contribution in [2.75, 3.05) is 30.8 Å². The summed E-state index contributed by atoms with van der Waals surface area (Å²) in [5, 5.41) is 12.5. The summed E-state index contributed by atoms with van der Waals surface area (Å²) in [6.07, 6.45) is 3.23. The van der Waals surface area contributed by atoms with Crippen LogP contribution in [0.4, 0.5) is 11.9 Å². The van der Waals surface area contributed by atoms with Crippen molar-refractivity contribution in [3.63, 3.8) is 0 Å². The Hall–Kier alpha value is -2.78. The van der Waals surface area contributed by atoms with Crippen LogP contribution in [0.25, 0.3) is 5.95 Å². The molecule has 0 fully saturated rings. The third-order valence-electron chi connectivity index (χ3n) is 2.50. The van der Waals surface area contributed by atoms with Crippen molar-refractivity contribution in [2.45, 2.75) is 13.3 Å². The van der Waals surface area contributed by atoms with Crippen LogP contribution in [0.15, 0.2) is 12.7 Å². The summed E-state index contributed by atoms with van der Waals surface area (Å²) >= 11 is 0. The number of carbonyl (C=O) groups is 1. The maximum atomic E-state index is 11.2. The van der Waals surface area contributed by atoms with Crippen LogP contribution in [-0.4, -0.2) is 55.8 Å². The maximum Gasteiger partial charge on any atom is 0.258 e. The van der Waals surface area contributed by atoms with Gasteiger partial charge in [0.25, 0.3) is 5.95 Å². The quantitative estimate of drug-likeness (QED) is 0.620. The molecule has 10 heteroatoms. The van der Waals surface area contributed by atoms with Crippen LogP contribution < -0.4 is 16.0 Å². The third kappa shape index (κ3) is 4.09. The molecular weight excluding hydrogens is 274 g/mol. The zero-order chi connectivity index (χ0) is 15.1. The highest BCUT2D eigenvalue weighted by atomic mass is 16.1. The molecule has 0 bridgehead atoms. The van der Waals surface area contributed by atoms with E-state index in [0.29, 0.717) is 37.4 Å². The summed E-state index contributed by atoms with van der Waals surface area (Å²) in [5.74, 6) is 1.09. The molecule has 0 radical (unpaired) electrons. The fourth-order valence-corrected chi connectivity index (χ4v) is 1.51. The molecule has 0 aliphatic rings. The van der Waals surface area contributed by atoms with E-state index in [1.54, 1.807) is 7.05 Å². The summed E-state index contributed by atoms with van der Waals surface area (Å²) in [4.78, 5) is 27.7. The van der Waals surface area contributed by atoms with Crippen molar-refractivity contribution < 1.29 is 4.79 Å². The molecule has 0 spiro atoms. The molecule has 0 aliphatic heterocycles. The van der Waals surface area contributed by atoms with Gasteiger partial charge in [-0.05, 0) is 6.92 Å². The van der Waals surface area contributed by atoms with Crippen LogP contribution in [0.2, 0.25) is 0 Å². The summed E-state index contributed by atoms with van der Waals surface area (Å²) in [6.45, 7) is 3.04. The summed E-state index contributed by atoms with van der Waals surface area (Å²) < 4.78 is 1.44. The van der Waals surface area contributed by atoms with E-state index in [0.717, 1.165) is 0 Å². The van der Waals surface area contributed by atoms with Gasteiger partial charge < -0.3 is 16.0 Å². The Morgan fingerprint density at radius 3 is 2.62 bits per heavy atom. The van der Waals surface area contributed by atoms with E-state index < -0.39 is 0 Å². The molecular formula is C11H17N9O. The van der Waals surface area contributed by atoms with Gasteiger partial charge in [0.05, 0.1) is 0 Å². The van der Waals surface area contributed by atoms with Crippen LogP contribution in [-0.2, 0) is 4.79 Å². The lowest BCUT2D eigenvalue weighted by molar-refractivity contribution is -0.120. The summed E-state index contributed by atoms with van der Waals surface area (Å²) in [7, 11) is 1.59. The summed E-state index contributed by atoms with van der Waals surface area (Å²) in [6, 6.07) is 0. The SMILES string of the molecule is CCNc1nc(NCCC(=O)NC)nc(-n2cncn2)n1. The van der Waals surface area contributed by atoms with Crippen molar-refractivity contribution >= 4 is 17.8 Å². The van der Waals surface area contributed by atoms with Gasteiger partial charge in [-0.2, -0.15) is 24.7 Å². The van der Waals surface area contributed by atoms with Crippen LogP contribution in [0.5, 0.6) is 0 Å². The monoisotopic (exact) mass is 291 g/mol. The molecule has 0 saturated carbocycles. The van der Waals surface area contributed by atoms with Gasteiger partial charge in [-0.1, -0.05) is 0 Å². The molecule has 0 aliphatic carbocycles. The van der Waals surface area contributed by atoms with Gasteiger partial charge >= 0.3 is 0 Å².